The van der Waals surface area contributed by atoms with Crippen molar-refractivity contribution in [2.24, 2.45) is 0 Å². The summed E-state index contributed by atoms with van der Waals surface area (Å²) < 4.78 is 39.8. The molecule has 0 fully saturated rings. The molecule has 0 saturated heterocycles. The van der Waals surface area contributed by atoms with Crippen LogP contribution in [0.15, 0.2) is 18.2 Å². The van der Waals surface area contributed by atoms with Crippen molar-refractivity contribution in [3.63, 3.8) is 0 Å². The maximum Gasteiger partial charge on any atom is 0.573 e. The fourth-order valence-electron chi connectivity index (χ4n) is 1.16. The Bertz CT molecular complexity index is 358. The molecule has 15 heavy (non-hydrogen) atoms. The van der Waals surface area contributed by atoms with Gasteiger partial charge in [-0.05, 0) is 18.1 Å². The number of rotatable bonds is 3. The summed E-state index contributed by atoms with van der Waals surface area (Å²) in [5.74, 6) is -0.311. The number of aryl methyl sites for hydroxylation is 1. The molecule has 0 aliphatic carbocycles. The van der Waals surface area contributed by atoms with Gasteiger partial charge in [0, 0.05) is 5.56 Å². The van der Waals surface area contributed by atoms with Crippen molar-refractivity contribution in [1.29, 1.82) is 0 Å². The molecular weight excluding hydrogens is 209 g/mol. The zero-order valence-electron chi connectivity index (χ0n) is 7.97. The molecule has 0 bridgehead atoms. The second-order valence-electron chi connectivity index (χ2n) is 2.89. The lowest BCUT2D eigenvalue weighted by Gasteiger charge is -2.12. The SMILES string of the molecule is CCc1ccc(C=O)cc1OC(F)(F)F. The van der Waals surface area contributed by atoms with E-state index in [9.17, 15) is 18.0 Å². The summed E-state index contributed by atoms with van der Waals surface area (Å²) >= 11 is 0. The van der Waals surface area contributed by atoms with Gasteiger partial charge in [0.1, 0.15) is 12.0 Å². The third-order valence-electron chi connectivity index (χ3n) is 1.83. The summed E-state index contributed by atoms with van der Waals surface area (Å²) in [5.41, 5.74) is 0.573. The Morgan fingerprint density at radius 2 is 2.07 bits per heavy atom. The highest BCUT2D eigenvalue weighted by molar-refractivity contribution is 5.75. The van der Waals surface area contributed by atoms with Crippen molar-refractivity contribution in [1.82, 2.24) is 0 Å². The molecule has 0 N–H and O–H groups in total. The van der Waals surface area contributed by atoms with Gasteiger partial charge in [0.2, 0.25) is 0 Å². The van der Waals surface area contributed by atoms with E-state index in [2.05, 4.69) is 4.74 Å². The van der Waals surface area contributed by atoms with Crippen molar-refractivity contribution >= 4 is 6.29 Å². The monoisotopic (exact) mass is 218 g/mol. The van der Waals surface area contributed by atoms with Gasteiger partial charge < -0.3 is 4.74 Å². The average Bonchev–Trinajstić information content (AvgIpc) is 2.15. The lowest BCUT2D eigenvalue weighted by molar-refractivity contribution is -0.274. The highest BCUT2D eigenvalue weighted by Gasteiger charge is 2.31. The summed E-state index contributed by atoms with van der Waals surface area (Å²) in [5, 5.41) is 0. The first-order valence-electron chi connectivity index (χ1n) is 4.30. The van der Waals surface area contributed by atoms with Crippen LogP contribution in [0.1, 0.15) is 22.8 Å². The molecule has 0 aliphatic rings. The van der Waals surface area contributed by atoms with E-state index >= 15 is 0 Å². The molecule has 5 heteroatoms. The van der Waals surface area contributed by atoms with Crippen LogP contribution in [0.2, 0.25) is 0 Å². The van der Waals surface area contributed by atoms with E-state index in [1.54, 1.807) is 6.92 Å². The zero-order valence-corrected chi connectivity index (χ0v) is 7.97. The second-order valence-corrected chi connectivity index (χ2v) is 2.89. The topological polar surface area (TPSA) is 26.3 Å². The first-order chi connectivity index (χ1) is 6.96. The summed E-state index contributed by atoms with van der Waals surface area (Å²) in [7, 11) is 0. The molecule has 82 valence electrons. The fraction of sp³-hybridized carbons (Fsp3) is 0.300. The van der Waals surface area contributed by atoms with Crippen LogP contribution < -0.4 is 4.74 Å². The van der Waals surface area contributed by atoms with E-state index in [0.717, 1.165) is 6.07 Å². The largest absolute Gasteiger partial charge is 0.573 e. The van der Waals surface area contributed by atoms with E-state index in [1.165, 1.54) is 12.1 Å². The first-order valence-corrected chi connectivity index (χ1v) is 4.30. The van der Waals surface area contributed by atoms with Crippen LogP contribution in [0.3, 0.4) is 0 Å². The molecule has 0 unspecified atom stereocenters. The molecule has 2 nitrogen and oxygen atoms in total. The summed E-state index contributed by atoms with van der Waals surface area (Å²) in [6, 6.07) is 3.99. The molecule has 0 radical (unpaired) electrons. The van der Waals surface area contributed by atoms with Crippen LogP contribution >= 0.6 is 0 Å². The molecule has 1 rings (SSSR count). The molecule has 0 atom stereocenters. The van der Waals surface area contributed by atoms with E-state index in [-0.39, 0.29) is 11.3 Å². The zero-order chi connectivity index (χ0) is 11.5. The molecule has 0 saturated carbocycles. The molecule has 0 amide bonds. The van der Waals surface area contributed by atoms with E-state index in [4.69, 9.17) is 0 Å². The third kappa shape index (κ3) is 3.27. The van der Waals surface area contributed by atoms with Gasteiger partial charge >= 0.3 is 6.36 Å². The van der Waals surface area contributed by atoms with Gasteiger partial charge in [-0.2, -0.15) is 0 Å². The molecule has 1 aromatic rings. The van der Waals surface area contributed by atoms with Gasteiger partial charge in [0.15, 0.2) is 0 Å². The Hall–Kier alpha value is -1.52. The third-order valence-corrected chi connectivity index (χ3v) is 1.83. The Labute approximate surface area is 84.7 Å². The summed E-state index contributed by atoms with van der Waals surface area (Å²) in [4.78, 5) is 10.4. The smallest absolute Gasteiger partial charge is 0.405 e. The van der Waals surface area contributed by atoms with E-state index < -0.39 is 6.36 Å². The Kier molecular flexibility index (Phi) is 3.34. The number of benzene rings is 1. The van der Waals surface area contributed by atoms with Crippen LogP contribution in [-0.2, 0) is 6.42 Å². The minimum atomic E-state index is -4.73. The lowest BCUT2D eigenvalue weighted by atomic mass is 10.1. The fourth-order valence-corrected chi connectivity index (χ4v) is 1.16. The molecule has 0 spiro atoms. The Morgan fingerprint density at radius 1 is 1.40 bits per heavy atom. The lowest BCUT2D eigenvalue weighted by Crippen LogP contribution is -2.18. The number of hydrogen-bond donors (Lipinski definition) is 0. The quantitative estimate of drug-likeness (QED) is 0.729. The minimum Gasteiger partial charge on any atom is -0.405 e. The molecule has 0 heterocycles. The van der Waals surface area contributed by atoms with Crippen molar-refractivity contribution < 1.29 is 22.7 Å². The first kappa shape index (κ1) is 11.6. The predicted octanol–water partition coefficient (Wildman–Crippen LogP) is 2.96. The van der Waals surface area contributed by atoms with Gasteiger partial charge in [-0.3, -0.25) is 4.79 Å². The normalized spacial score (nSPS) is 11.2. The van der Waals surface area contributed by atoms with Crippen LogP contribution in [0.4, 0.5) is 13.2 Å². The van der Waals surface area contributed by atoms with Gasteiger partial charge in [0.25, 0.3) is 0 Å². The van der Waals surface area contributed by atoms with Gasteiger partial charge in [-0.25, -0.2) is 0 Å². The van der Waals surface area contributed by atoms with Gasteiger partial charge in [-0.1, -0.05) is 19.1 Å². The number of alkyl halides is 3. The predicted molar refractivity (Wildman–Crippen MR) is 47.9 cm³/mol. The highest BCUT2D eigenvalue weighted by Crippen LogP contribution is 2.27. The summed E-state index contributed by atoms with van der Waals surface area (Å²) in [6.07, 6.45) is -3.85. The number of aldehydes is 1. The van der Waals surface area contributed by atoms with Crippen molar-refractivity contribution in [3.05, 3.63) is 29.3 Å². The number of hydrogen-bond acceptors (Lipinski definition) is 2. The number of carbonyl (C=O) groups is 1. The second kappa shape index (κ2) is 4.33. The van der Waals surface area contributed by atoms with E-state index in [0.29, 0.717) is 18.3 Å². The Balaban J connectivity index is 3.06. The Morgan fingerprint density at radius 3 is 2.53 bits per heavy atom. The highest BCUT2D eigenvalue weighted by atomic mass is 19.4. The summed E-state index contributed by atoms with van der Waals surface area (Å²) in [6.45, 7) is 1.71. The van der Waals surface area contributed by atoms with Crippen molar-refractivity contribution in [2.75, 3.05) is 0 Å². The molecular formula is C10H9F3O2. The van der Waals surface area contributed by atoms with Gasteiger partial charge in [-0.15, -0.1) is 13.2 Å². The van der Waals surface area contributed by atoms with Crippen LogP contribution in [0.25, 0.3) is 0 Å². The average molecular weight is 218 g/mol. The van der Waals surface area contributed by atoms with E-state index in [1.807, 2.05) is 0 Å². The number of halogens is 3. The van der Waals surface area contributed by atoms with Crippen LogP contribution in [0.5, 0.6) is 5.75 Å². The van der Waals surface area contributed by atoms with Gasteiger partial charge in [0.05, 0.1) is 0 Å². The van der Waals surface area contributed by atoms with Crippen LogP contribution in [0, 0.1) is 0 Å². The maximum absolute atomic E-state index is 12.0. The molecule has 0 aliphatic heterocycles. The van der Waals surface area contributed by atoms with Crippen LogP contribution in [-0.4, -0.2) is 12.6 Å². The number of ether oxygens (including phenoxy) is 1. The van der Waals surface area contributed by atoms with Crippen molar-refractivity contribution in [2.45, 2.75) is 19.7 Å². The maximum atomic E-state index is 12.0. The minimum absolute atomic E-state index is 0.159. The number of carbonyl (C=O) groups excluding carboxylic acids is 1. The van der Waals surface area contributed by atoms with Crippen molar-refractivity contribution in [3.8, 4) is 5.75 Å². The molecule has 0 aromatic heterocycles. The standard InChI is InChI=1S/C10H9F3O2/c1-2-8-4-3-7(6-14)5-9(8)15-10(11,12)13/h3-6H,2H2,1H3. The molecule has 1 aromatic carbocycles.